The summed E-state index contributed by atoms with van der Waals surface area (Å²) in [7, 11) is -1.83. The highest BCUT2D eigenvalue weighted by molar-refractivity contribution is 7.89. The molecule has 166 valence electrons. The quantitative estimate of drug-likeness (QED) is 0.419. The molecule has 6 nitrogen and oxygen atoms in total. The third-order valence-corrected chi connectivity index (χ3v) is 7.89. The number of hydrogen-bond acceptors (Lipinski definition) is 5. The number of aromatic nitrogens is 1. The Balaban J connectivity index is 2.08. The van der Waals surface area contributed by atoms with Gasteiger partial charge in [0.05, 0.1) is 16.3 Å². The second-order valence-electron chi connectivity index (χ2n) is 6.97. The minimum atomic E-state index is -3.52. The maximum absolute atomic E-state index is 13.0. The Bertz CT molecular complexity index is 1150. The van der Waals surface area contributed by atoms with Crippen LogP contribution in [0.25, 0.3) is 11.3 Å². The van der Waals surface area contributed by atoms with E-state index >= 15 is 0 Å². The zero-order valence-electron chi connectivity index (χ0n) is 18.2. The van der Waals surface area contributed by atoms with Crippen LogP contribution in [-0.4, -0.2) is 44.1 Å². The number of ether oxygens (including phenoxy) is 1. The van der Waals surface area contributed by atoms with E-state index < -0.39 is 10.0 Å². The highest BCUT2D eigenvalue weighted by atomic mass is 32.2. The van der Waals surface area contributed by atoms with E-state index in [9.17, 15) is 8.42 Å². The molecule has 0 atom stereocenters. The molecule has 31 heavy (non-hydrogen) atoms. The van der Waals surface area contributed by atoms with Crippen LogP contribution in [0.3, 0.4) is 0 Å². The predicted octanol–water partition coefficient (Wildman–Crippen LogP) is 4.52. The van der Waals surface area contributed by atoms with E-state index in [-0.39, 0.29) is 0 Å². The summed E-state index contributed by atoms with van der Waals surface area (Å²) in [6.45, 7) is 5.96. The van der Waals surface area contributed by atoms with Gasteiger partial charge in [0, 0.05) is 44.3 Å². The maximum Gasteiger partial charge on any atom is 0.243 e. The number of sulfonamides is 1. The summed E-state index contributed by atoms with van der Waals surface area (Å²) in [6, 6.07) is 17.0. The minimum absolute atomic E-state index is 0.310. The normalized spacial score (nSPS) is 12.6. The highest BCUT2D eigenvalue weighted by Gasteiger charge is 2.22. The minimum Gasteiger partial charge on any atom is -0.385 e. The Kier molecular flexibility index (Phi) is 8.20. The van der Waals surface area contributed by atoms with Crippen molar-refractivity contribution in [3.63, 3.8) is 0 Å². The van der Waals surface area contributed by atoms with Crippen molar-refractivity contribution in [1.29, 1.82) is 0 Å². The molecule has 0 fully saturated rings. The number of thiazole rings is 1. The van der Waals surface area contributed by atoms with E-state index in [4.69, 9.17) is 9.73 Å². The molecule has 0 aliphatic heterocycles. The van der Waals surface area contributed by atoms with Gasteiger partial charge >= 0.3 is 0 Å². The Hall–Kier alpha value is -2.26. The molecule has 0 aliphatic rings. The van der Waals surface area contributed by atoms with Gasteiger partial charge in [-0.3, -0.25) is 0 Å². The summed E-state index contributed by atoms with van der Waals surface area (Å²) in [5.41, 5.74) is 2.69. The van der Waals surface area contributed by atoms with Crippen LogP contribution >= 0.6 is 11.3 Å². The highest BCUT2D eigenvalue weighted by Crippen LogP contribution is 2.25. The first-order valence-electron chi connectivity index (χ1n) is 10.4. The molecule has 0 bridgehead atoms. The molecule has 8 heteroatoms. The van der Waals surface area contributed by atoms with E-state index in [1.165, 1.54) is 4.31 Å². The SMILES string of the molecule is CCN(CC)S(=O)(=O)c1cccc(-c2csc(=Nc3ccccc3)n2CCCOC)c1. The molecular weight excluding hydrogens is 430 g/mol. The fraction of sp³-hybridized carbons (Fsp3) is 0.348. The summed E-state index contributed by atoms with van der Waals surface area (Å²) in [4.78, 5) is 5.99. The average molecular weight is 460 g/mol. The van der Waals surface area contributed by atoms with E-state index in [0.29, 0.717) is 24.6 Å². The molecule has 0 radical (unpaired) electrons. The van der Waals surface area contributed by atoms with E-state index in [2.05, 4.69) is 4.57 Å². The maximum atomic E-state index is 13.0. The van der Waals surface area contributed by atoms with Gasteiger partial charge in [-0.25, -0.2) is 13.4 Å². The molecule has 0 unspecified atom stereocenters. The molecule has 2 aromatic carbocycles. The van der Waals surface area contributed by atoms with Gasteiger partial charge < -0.3 is 9.30 Å². The molecule has 0 amide bonds. The molecule has 3 rings (SSSR count). The van der Waals surface area contributed by atoms with Crippen molar-refractivity contribution >= 4 is 27.0 Å². The van der Waals surface area contributed by atoms with Gasteiger partial charge in [0.25, 0.3) is 0 Å². The van der Waals surface area contributed by atoms with Crippen LogP contribution in [0, 0.1) is 0 Å². The Morgan fingerprint density at radius 2 is 1.81 bits per heavy atom. The first kappa shape index (κ1) is 23.4. The number of methoxy groups -OCH3 is 1. The number of benzene rings is 2. The molecule has 0 spiro atoms. The summed E-state index contributed by atoms with van der Waals surface area (Å²) in [6.07, 6.45) is 0.833. The number of hydrogen-bond donors (Lipinski definition) is 0. The van der Waals surface area contributed by atoms with Crippen LogP contribution in [0.4, 0.5) is 5.69 Å². The fourth-order valence-corrected chi connectivity index (χ4v) is 5.83. The molecule has 0 saturated carbocycles. The van der Waals surface area contributed by atoms with Gasteiger partial charge in [-0.15, -0.1) is 11.3 Å². The third-order valence-electron chi connectivity index (χ3n) is 4.98. The predicted molar refractivity (Wildman–Crippen MR) is 126 cm³/mol. The van der Waals surface area contributed by atoms with Crippen molar-refractivity contribution in [2.75, 3.05) is 26.8 Å². The van der Waals surface area contributed by atoms with Crippen molar-refractivity contribution in [2.45, 2.75) is 31.7 Å². The number of nitrogens with zero attached hydrogens (tertiary/aromatic N) is 3. The van der Waals surface area contributed by atoms with Crippen molar-refractivity contribution < 1.29 is 13.2 Å². The van der Waals surface area contributed by atoms with Crippen molar-refractivity contribution in [3.05, 3.63) is 64.8 Å². The van der Waals surface area contributed by atoms with Gasteiger partial charge in [-0.05, 0) is 30.7 Å². The van der Waals surface area contributed by atoms with E-state index in [1.807, 2.05) is 55.6 Å². The molecule has 0 aliphatic carbocycles. The lowest BCUT2D eigenvalue weighted by molar-refractivity contribution is 0.190. The van der Waals surface area contributed by atoms with Gasteiger partial charge in [0.15, 0.2) is 4.80 Å². The van der Waals surface area contributed by atoms with Crippen LogP contribution < -0.4 is 4.80 Å². The van der Waals surface area contributed by atoms with Crippen LogP contribution in [0.2, 0.25) is 0 Å². The molecular formula is C23H29N3O3S2. The second kappa shape index (κ2) is 10.9. The lowest BCUT2D eigenvalue weighted by Gasteiger charge is -2.19. The summed E-state index contributed by atoms with van der Waals surface area (Å²) in [5, 5.41) is 2.04. The summed E-state index contributed by atoms with van der Waals surface area (Å²) >= 11 is 1.55. The molecule has 3 aromatic rings. The average Bonchev–Trinajstić information content (AvgIpc) is 3.18. The monoisotopic (exact) mass is 459 g/mol. The first-order chi connectivity index (χ1) is 15.0. The number of rotatable bonds is 10. The van der Waals surface area contributed by atoms with Gasteiger partial charge in [0.1, 0.15) is 0 Å². The largest absolute Gasteiger partial charge is 0.385 e. The van der Waals surface area contributed by atoms with Gasteiger partial charge in [0.2, 0.25) is 10.0 Å². The Morgan fingerprint density at radius 1 is 1.06 bits per heavy atom. The molecule has 0 saturated heterocycles. The van der Waals surface area contributed by atoms with Crippen LogP contribution in [0.15, 0.2) is 69.9 Å². The zero-order valence-corrected chi connectivity index (χ0v) is 19.8. The van der Waals surface area contributed by atoms with E-state index in [1.54, 1.807) is 36.6 Å². The van der Waals surface area contributed by atoms with Gasteiger partial charge in [-0.2, -0.15) is 4.31 Å². The van der Waals surface area contributed by atoms with Crippen LogP contribution in [-0.2, 0) is 21.3 Å². The lowest BCUT2D eigenvalue weighted by atomic mass is 10.2. The Morgan fingerprint density at radius 3 is 2.48 bits per heavy atom. The summed E-state index contributed by atoms with van der Waals surface area (Å²) in [5.74, 6) is 0. The second-order valence-corrected chi connectivity index (χ2v) is 9.74. The summed E-state index contributed by atoms with van der Waals surface area (Å²) < 4.78 is 34.9. The zero-order chi connectivity index (χ0) is 22.3. The van der Waals surface area contributed by atoms with Gasteiger partial charge in [-0.1, -0.05) is 44.2 Å². The van der Waals surface area contributed by atoms with E-state index in [0.717, 1.165) is 34.7 Å². The molecule has 0 N–H and O–H groups in total. The number of para-hydroxylation sites is 1. The fourth-order valence-electron chi connectivity index (χ4n) is 3.37. The molecule has 1 heterocycles. The first-order valence-corrected chi connectivity index (χ1v) is 12.7. The smallest absolute Gasteiger partial charge is 0.243 e. The van der Waals surface area contributed by atoms with Crippen molar-refractivity contribution in [2.24, 2.45) is 4.99 Å². The van der Waals surface area contributed by atoms with Crippen molar-refractivity contribution in [1.82, 2.24) is 8.87 Å². The topological polar surface area (TPSA) is 63.9 Å². The molecule has 1 aromatic heterocycles. The lowest BCUT2D eigenvalue weighted by Crippen LogP contribution is -2.30. The van der Waals surface area contributed by atoms with Crippen molar-refractivity contribution in [3.8, 4) is 11.3 Å². The Labute approximate surface area is 188 Å². The van der Waals surface area contributed by atoms with Crippen LogP contribution in [0.5, 0.6) is 0 Å². The standard InChI is InChI=1S/C23H29N3O3S2/c1-4-25(5-2)31(27,28)21-14-9-11-19(17-21)22-18-30-23(26(22)15-10-16-29-3)24-20-12-7-6-8-13-20/h6-9,11-14,17-18H,4-5,10,15-16H2,1-3H3. The van der Waals surface area contributed by atoms with Crippen LogP contribution in [0.1, 0.15) is 20.3 Å². The third kappa shape index (κ3) is 5.51.